The lowest BCUT2D eigenvalue weighted by Crippen LogP contribution is -2.33. The molecule has 0 aliphatic carbocycles. The number of imide groups is 1. The Balaban J connectivity index is 1.44. The van der Waals surface area contributed by atoms with Crippen LogP contribution in [0.4, 0.5) is 0 Å². The molecular weight excluding hydrogens is 370 g/mol. The minimum Gasteiger partial charge on any atom is -0.460 e. The van der Waals surface area contributed by atoms with Gasteiger partial charge in [0.15, 0.2) is 0 Å². The molecular formula is C22H19N3O4. The summed E-state index contributed by atoms with van der Waals surface area (Å²) in [6, 6.07) is 12.2. The largest absolute Gasteiger partial charge is 0.460 e. The highest BCUT2D eigenvalue weighted by Gasteiger charge is 2.34. The zero-order valence-corrected chi connectivity index (χ0v) is 16.1. The number of hydrogen-bond donors (Lipinski definition) is 0. The van der Waals surface area contributed by atoms with Crippen LogP contribution in [0.1, 0.15) is 42.5 Å². The lowest BCUT2D eigenvalue weighted by atomic mass is 10.1. The van der Waals surface area contributed by atoms with Crippen LogP contribution in [0, 0.1) is 13.8 Å². The van der Waals surface area contributed by atoms with E-state index in [1.165, 1.54) is 0 Å². The molecule has 0 atom stereocenters. The van der Waals surface area contributed by atoms with Gasteiger partial charge >= 0.3 is 5.97 Å². The molecule has 0 radical (unpaired) electrons. The van der Waals surface area contributed by atoms with Crippen LogP contribution in [-0.2, 0) is 4.74 Å². The lowest BCUT2D eigenvalue weighted by molar-refractivity contribution is 0.0420. The quantitative estimate of drug-likeness (QED) is 0.495. The summed E-state index contributed by atoms with van der Waals surface area (Å²) in [5.41, 5.74) is 3.66. The van der Waals surface area contributed by atoms with Gasteiger partial charge < -0.3 is 9.30 Å². The third-order valence-corrected chi connectivity index (χ3v) is 4.98. The molecule has 0 unspecified atom stereocenters. The molecule has 7 heteroatoms. The summed E-state index contributed by atoms with van der Waals surface area (Å²) >= 11 is 0. The summed E-state index contributed by atoms with van der Waals surface area (Å²) in [5.74, 6) is -1.22. The van der Waals surface area contributed by atoms with E-state index < -0.39 is 5.97 Å². The molecule has 2 aromatic heterocycles. The van der Waals surface area contributed by atoms with Gasteiger partial charge in [-0.05, 0) is 44.2 Å². The average molecular weight is 389 g/mol. The fourth-order valence-corrected chi connectivity index (χ4v) is 3.60. The molecule has 7 nitrogen and oxygen atoms in total. The molecule has 0 saturated carbocycles. The van der Waals surface area contributed by atoms with Crippen molar-refractivity contribution in [2.45, 2.75) is 13.8 Å². The van der Waals surface area contributed by atoms with Crippen molar-refractivity contribution in [1.82, 2.24) is 14.5 Å². The molecule has 1 aliphatic heterocycles. The van der Waals surface area contributed by atoms with Crippen LogP contribution < -0.4 is 0 Å². The highest BCUT2D eigenvalue weighted by Crippen LogP contribution is 2.23. The molecule has 0 bridgehead atoms. The normalized spacial score (nSPS) is 13.0. The lowest BCUT2D eigenvalue weighted by Gasteiger charge is -2.14. The molecule has 4 rings (SSSR count). The van der Waals surface area contributed by atoms with E-state index in [0.717, 1.165) is 22.0 Å². The number of amides is 2. The highest BCUT2D eigenvalue weighted by molar-refractivity contribution is 6.21. The van der Waals surface area contributed by atoms with E-state index in [4.69, 9.17) is 4.74 Å². The highest BCUT2D eigenvalue weighted by atomic mass is 16.5. The van der Waals surface area contributed by atoms with Crippen LogP contribution in [0.15, 0.2) is 54.9 Å². The Morgan fingerprint density at radius 3 is 2.34 bits per heavy atom. The first-order valence-electron chi connectivity index (χ1n) is 9.20. The first-order valence-corrected chi connectivity index (χ1v) is 9.20. The Bertz CT molecular complexity index is 1080. The van der Waals surface area contributed by atoms with Crippen molar-refractivity contribution in [2.24, 2.45) is 0 Å². The van der Waals surface area contributed by atoms with Gasteiger partial charge in [0.1, 0.15) is 6.61 Å². The van der Waals surface area contributed by atoms with Gasteiger partial charge in [-0.15, -0.1) is 0 Å². The van der Waals surface area contributed by atoms with Crippen molar-refractivity contribution < 1.29 is 19.1 Å². The zero-order valence-electron chi connectivity index (χ0n) is 16.1. The molecule has 3 aromatic rings. The van der Waals surface area contributed by atoms with Gasteiger partial charge in [-0.25, -0.2) is 4.79 Å². The van der Waals surface area contributed by atoms with Gasteiger partial charge in [0, 0.05) is 17.6 Å². The number of esters is 1. The number of carbonyl (C=O) groups excluding carboxylic acids is 3. The predicted octanol–water partition coefficient (Wildman–Crippen LogP) is 2.94. The number of benzene rings is 1. The van der Waals surface area contributed by atoms with E-state index >= 15 is 0 Å². The fraction of sp³-hybridized carbons (Fsp3) is 0.182. The van der Waals surface area contributed by atoms with Crippen molar-refractivity contribution in [3.63, 3.8) is 0 Å². The van der Waals surface area contributed by atoms with Gasteiger partial charge in [0.2, 0.25) is 0 Å². The maximum atomic E-state index is 12.6. The number of ether oxygens (including phenoxy) is 1. The smallest absolute Gasteiger partial charge is 0.340 e. The molecule has 3 heterocycles. The molecule has 0 fully saturated rings. The minimum atomic E-state index is -0.496. The molecule has 29 heavy (non-hydrogen) atoms. The number of carbonyl (C=O) groups is 3. The molecule has 0 saturated heterocycles. The minimum absolute atomic E-state index is 0.0133. The van der Waals surface area contributed by atoms with E-state index in [9.17, 15) is 14.4 Å². The monoisotopic (exact) mass is 389 g/mol. The zero-order chi connectivity index (χ0) is 20.5. The summed E-state index contributed by atoms with van der Waals surface area (Å²) in [4.78, 5) is 42.5. The second-order valence-electron chi connectivity index (χ2n) is 6.77. The van der Waals surface area contributed by atoms with Crippen LogP contribution in [0.25, 0.3) is 5.69 Å². The molecule has 1 aromatic carbocycles. The van der Waals surface area contributed by atoms with Crippen LogP contribution in [0.3, 0.4) is 0 Å². The van der Waals surface area contributed by atoms with E-state index in [-0.39, 0.29) is 25.0 Å². The van der Waals surface area contributed by atoms with Gasteiger partial charge in [-0.2, -0.15) is 0 Å². The molecule has 2 amide bonds. The number of fused-ring (bicyclic) bond motifs is 1. The van der Waals surface area contributed by atoms with Gasteiger partial charge in [-0.3, -0.25) is 19.5 Å². The van der Waals surface area contributed by atoms with E-state index in [1.807, 2.05) is 30.5 Å². The van der Waals surface area contributed by atoms with Crippen LogP contribution in [0.5, 0.6) is 0 Å². The first-order chi connectivity index (χ1) is 14.0. The molecule has 146 valence electrons. The van der Waals surface area contributed by atoms with Gasteiger partial charge in [0.05, 0.1) is 35.1 Å². The number of aromatic nitrogens is 2. The van der Waals surface area contributed by atoms with E-state index in [0.29, 0.717) is 16.7 Å². The number of hydrogen-bond acceptors (Lipinski definition) is 5. The standard InChI is InChI=1S/C22H19N3O4/c1-14-12-19(15(2)25(14)16-6-5-9-23-13-16)22(28)29-11-10-24-20(26)17-7-3-4-8-18(17)21(24)27/h3-9,12-13H,10-11H2,1-2H3. The van der Waals surface area contributed by atoms with Crippen molar-refractivity contribution in [3.05, 3.63) is 82.9 Å². The number of pyridine rings is 1. The Kier molecular flexibility index (Phi) is 4.72. The van der Waals surface area contributed by atoms with Crippen LogP contribution in [-0.4, -0.2) is 45.4 Å². The van der Waals surface area contributed by atoms with Crippen molar-refractivity contribution in [1.29, 1.82) is 0 Å². The summed E-state index contributed by atoms with van der Waals surface area (Å²) in [7, 11) is 0. The maximum Gasteiger partial charge on any atom is 0.340 e. The Hall–Kier alpha value is -3.74. The topological polar surface area (TPSA) is 81.5 Å². The third kappa shape index (κ3) is 3.20. The van der Waals surface area contributed by atoms with Crippen molar-refractivity contribution in [2.75, 3.05) is 13.2 Å². The van der Waals surface area contributed by atoms with Gasteiger partial charge in [0.25, 0.3) is 11.8 Å². The first kappa shape index (κ1) is 18.6. The average Bonchev–Trinajstić information content (AvgIpc) is 3.16. The van der Waals surface area contributed by atoms with Gasteiger partial charge in [-0.1, -0.05) is 12.1 Å². The molecule has 1 aliphatic rings. The van der Waals surface area contributed by atoms with Crippen molar-refractivity contribution >= 4 is 17.8 Å². The fourth-order valence-electron chi connectivity index (χ4n) is 3.60. The summed E-state index contributed by atoms with van der Waals surface area (Å²) in [5, 5.41) is 0. The Labute approximate surface area is 167 Å². The second kappa shape index (κ2) is 7.35. The molecule has 0 spiro atoms. The van der Waals surface area contributed by atoms with Crippen LogP contribution >= 0.6 is 0 Å². The number of aryl methyl sites for hydroxylation is 1. The number of rotatable bonds is 5. The predicted molar refractivity (Wildman–Crippen MR) is 105 cm³/mol. The van der Waals surface area contributed by atoms with E-state index in [1.54, 1.807) is 42.7 Å². The number of nitrogens with zero attached hydrogens (tertiary/aromatic N) is 3. The van der Waals surface area contributed by atoms with Crippen molar-refractivity contribution in [3.8, 4) is 5.69 Å². The third-order valence-electron chi connectivity index (χ3n) is 4.98. The maximum absolute atomic E-state index is 12.6. The Morgan fingerprint density at radius 1 is 1.03 bits per heavy atom. The second-order valence-corrected chi connectivity index (χ2v) is 6.77. The summed E-state index contributed by atoms with van der Waals surface area (Å²) < 4.78 is 7.28. The molecule has 0 N–H and O–H groups in total. The van der Waals surface area contributed by atoms with Crippen LogP contribution in [0.2, 0.25) is 0 Å². The Morgan fingerprint density at radius 2 is 1.72 bits per heavy atom. The SMILES string of the molecule is Cc1cc(C(=O)OCCN2C(=O)c3ccccc3C2=O)c(C)n1-c1cccnc1. The summed E-state index contributed by atoms with van der Waals surface area (Å²) in [6.45, 7) is 3.68. The summed E-state index contributed by atoms with van der Waals surface area (Å²) in [6.07, 6.45) is 3.41. The van der Waals surface area contributed by atoms with E-state index in [2.05, 4.69) is 4.98 Å².